The molecule has 0 amide bonds. The number of hydrogen-bond acceptors (Lipinski definition) is 5. The fraction of sp³-hybridized carbons (Fsp3) is 0.400. The first-order chi connectivity index (χ1) is 12.7. The quantitative estimate of drug-likeness (QED) is 0.536. The molecule has 5 nitrogen and oxygen atoms in total. The lowest BCUT2D eigenvalue weighted by molar-refractivity contribution is 0.0428. The molecule has 0 aliphatic carbocycles. The van der Waals surface area contributed by atoms with Crippen molar-refractivity contribution in [1.82, 2.24) is 13.9 Å². The summed E-state index contributed by atoms with van der Waals surface area (Å²) in [5.74, 6) is 1.65. The van der Waals surface area contributed by atoms with Crippen LogP contribution in [-0.2, 0) is 4.74 Å². The minimum absolute atomic E-state index is 0.252. The zero-order valence-corrected chi connectivity index (χ0v) is 16.5. The minimum atomic E-state index is 0.252. The van der Waals surface area contributed by atoms with Gasteiger partial charge in [0.2, 0.25) is 0 Å². The average molecular weight is 372 g/mol. The molecule has 0 saturated heterocycles. The number of ether oxygens (including phenoxy) is 2. The van der Waals surface area contributed by atoms with Crippen LogP contribution in [0.15, 0.2) is 36.5 Å². The second kappa shape index (κ2) is 8.56. The van der Waals surface area contributed by atoms with E-state index in [0.29, 0.717) is 13.2 Å². The number of aryl methyl sites for hydroxylation is 1. The van der Waals surface area contributed by atoms with Gasteiger partial charge in [-0.1, -0.05) is 19.1 Å². The molecule has 6 heteroatoms. The largest absolute Gasteiger partial charge is 0.489 e. The van der Waals surface area contributed by atoms with Gasteiger partial charge in [0.15, 0.2) is 5.82 Å². The molecule has 1 atom stereocenters. The van der Waals surface area contributed by atoms with Crippen molar-refractivity contribution in [3.05, 3.63) is 42.1 Å². The summed E-state index contributed by atoms with van der Waals surface area (Å²) in [6.45, 7) is 7.31. The molecule has 1 unspecified atom stereocenters. The summed E-state index contributed by atoms with van der Waals surface area (Å²) in [5.41, 5.74) is 3.81. The van der Waals surface area contributed by atoms with Gasteiger partial charge in [-0.05, 0) is 56.0 Å². The Morgan fingerprint density at radius 3 is 2.73 bits per heavy atom. The van der Waals surface area contributed by atoms with Crippen LogP contribution < -0.4 is 4.74 Å². The molecule has 0 fully saturated rings. The molecule has 0 radical (unpaired) electrons. The van der Waals surface area contributed by atoms with Crippen molar-refractivity contribution < 1.29 is 9.47 Å². The number of rotatable bonds is 8. The third-order valence-electron chi connectivity index (χ3n) is 4.32. The molecule has 0 bridgehead atoms. The molecule has 0 aliphatic heterocycles. The van der Waals surface area contributed by atoms with Gasteiger partial charge in [0.05, 0.1) is 18.2 Å². The smallest absolute Gasteiger partial charge is 0.170 e. The van der Waals surface area contributed by atoms with Gasteiger partial charge in [-0.3, -0.25) is 8.96 Å². The third kappa shape index (κ3) is 3.86. The summed E-state index contributed by atoms with van der Waals surface area (Å²) >= 11 is 1.61. The van der Waals surface area contributed by atoms with Gasteiger partial charge in [0.1, 0.15) is 23.6 Å². The maximum Gasteiger partial charge on any atom is 0.170 e. The van der Waals surface area contributed by atoms with Crippen LogP contribution in [0.25, 0.3) is 22.6 Å². The number of pyridine rings is 1. The highest BCUT2D eigenvalue weighted by molar-refractivity contribution is 7.97. The molecule has 2 heterocycles. The number of nitrogens with zero attached hydrogens (tertiary/aromatic N) is 3. The zero-order valence-electron chi connectivity index (χ0n) is 15.7. The Bertz CT molecular complexity index is 864. The first-order valence-corrected chi connectivity index (χ1v) is 10.1. The lowest BCUT2D eigenvalue weighted by Crippen LogP contribution is -2.13. The summed E-state index contributed by atoms with van der Waals surface area (Å²) < 4.78 is 13.9. The van der Waals surface area contributed by atoms with E-state index in [1.54, 1.807) is 18.1 Å². The van der Waals surface area contributed by atoms with Gasteiger partial charge in [0, 0.05) is 12.5 Å². The summed E-state index contributed by atoms with van der Waals surface area (Å²) in [6, 6.07) is 10.0. The first-order valence-electron chi connectivity index (χ1n) is 8.88. The van der Waals surface area contributed by atoms with Crippen LogP contribution in [0.1, 0.15) is 25.8 Å². The van der Waals surface area contributed by atoms with E-state index in [4.69, 9.17) is 14.5 Å². The molecule has 0 N–H and O–H groups in total. The van der Waals surface area contributed by atoms with Gasteiger partial charge in [0.25, 0.3) is 0 Å². The highest BCUT2D eigenvalue weighted by Crippen LogP contribution is 2.34. The van der Waals surface area contributed by atoms with E-state index in [1.165, 1.54) is 0 Å². The molecule has 2 aromatic heterocycles. The molecule has 26 heavy (non-hydrogen) atoms. The lowest BCUT2D eigenvalue weighted by atomic mass is 10.2. The van der Waals surface area contributed by atoms with E-state index in [9.17, 15) is 0 Å². The number of hydrogen-bond donors (Lipinski definition) is 0. The number of fused-ring (bicyclic) bond motifs is 1. The highest BCUT2D eigenvalue weighted by Gasteiger charge is 2.18. The van der Waals surface area contributed by atoms with Crippen LogP contribution in [0, 0.1) is 6.92 Å². The van der Waals surface area contributed by atoms with Crippen molar-refractivity contribution >= 4 is 23.0 Å². The zero-order chi connectivity index (χ0) is 18.5. The van der Waals surface area contributed by atoms with Crippen molar-refractivity contribution in [2.75, 3.05) is 19.5 Å². The maximum absolute atomic E-state index is 6.06. The van der Waals surface area contributed by atoms with Crippen molar-refractivity contribution in [2.24, 2.45) is 0 Å². The van der Waals surface area contributed by atoms with Gasteiger partial charge >= 0.3 is 0 Å². The van der Waals surface area contributed by atoms with Gasteiger partial charge in [-0.2, -0.15) is 0 Å². The van der Waals surface area contributed by atoms with E-state index in [1.807, 2.05) is 31.4 Å². The van der Waals surface area contributed by atoms with Crippen molar-refractivity contribution in [3.63, 3.8) is 0 Å². The van der Waals surface area contributed by atoms with Crippen molar-refractivity contribution in [2.45, 2.75) is 33.3 Å². The predicted molar refractivity (Wildman–Crippen MR) is 108 cm³/mol. The molecule has 1 aromatic carbocycles. The Labute approximate surface area is 158 Å². The lowest BCUT2D eigenvalue weighted by Gasteiger charge is -2.13. The maximum atomic E-state index is 6.06. The Balaban J connectivity index is 1.94. The Hall–Kier alpha value is -2.05. The van der Waals surface area contributed by atoms with Gasteiger partial charge in [-0.15, -0.1) is 0 Å². The normalized spacial score (nSPS) is 12.5. The Morgan fingerprint density at radius 2 is 2.04 bits per heavy atom. The molecule has 138 valence electrons. The molecule has 0 saturated carbocycles. The SMILES string of the molecule is CCC(C)OCCOc1c(C)ccc2c1nc(-c1ccccn1)n2SC. The molecule has 0 aliphatic rings. The molecule has 3 rings (SSSR count). The van der Waals surface area contributed by atoms with Crippen LogP contribution in [0.4, 0.5) is 0 Å². The second-order valence-corrected chi connectivity index (χ2v) is 6.88. The average Bonchev–Trinajstić information content (AvgIpc) is 3.05. The fourth-order valence-electron chi connectivity index (χ4n) is 2.73. The molecular weight excluding hydrogens is 346 g/mol. The number of aromatic nitrogens is 3. The van der Waals surface area contributed by atoms with Crippen LogP contribution >= 0.6 is 11.9 Å². The van der Waals surface area contributed by atoms with Crippen LogP contribution in [0.2, 0.25) is 0 Å². The van der Waals surface area contributed by atoms with Crippen LogP contribution in [-0.4, -0.2) is 39.5 Å². The Morgan fingerprint density at radius 1 is 1.19 bits per heavy atom. The van der Waals surface area contributed by atoms with E-state index < -0.39 is 0 Å². The fourth-order valence-corrected chi connectivity index (χ4v) is 3.38. The van der Waals surface area contributed by atoms with E-state index in [2.05, 4.69) is 34.9 Å². The molecular formula is C20H25N3O2S. The Kier molecular flexibility index (Phi) is 6.16. The van der Waals surface area contributed by atoms with Crippen molar-refractivity contribution in [1.29, 1.82) is 0 Å². The standard InChI is InChI=1S/C20H25N3O2S/c1-5-15(3)24-12-13-25-19-14(2)9-10-17-18(19)22-20(23(17)26-4)16-8-6-7-11-21-16/h6-11,15H,5,12-13H2,1-4H3. The van der Waals surface area contributed by atoms with E-state index in [0.717, 1.165) is 40.3 Å². The molecule has 3 aromatic rings. The number of imidazole rings is 1. The van der Waals surface area contributed by atoms with E-state index >= 15 is 0 Å². The topological polar surface area (TPSA) is 49.2 Å². The van der Waals surface area contributed by atoms with Crippen LogP contribution in [0.3, 0.4) is 0 Å². The predicted octanol–water partition coefficient (Wildman–Crippen LogP) is 4.73. The summed E-state index contributed by atoms with van der Waals surface area (Å²) in [7, 11) is 0. The summed E-state index contributed by atoms with van der Waals surface area (Å²) in [6.07, 6.45) is 5.07. The highest BCUT2D eigenvalue weighted by atomic mass is 32.2. The van der Waals surface area contributed by atoms with Crippen LogP contribution in [0.5, 0.6) is 5.75 Å². The first kappa shape index (κ1) is 18.7. The third-order valence-corrected chi connectivity index (χ3v) is 5.05. The number of benzene rings is 1. The summed E-state index contributed by atoms with van der Waals surface area (Å²) in [4.78, 5) is 9.31. The van der Waals surface area contributed by atoms with Gasteiger partial charge in [-0.25, -0.2) is 4.98 Å². The second-order valence-electron chi connectivity index (χ2n) is 6.14. The molecule has 0 spiro atoms. The minimum Gasteiger partial charge on any atom is -0.489 e. The summed E-state index contributed by atoms with van der Waals surface area (Å²) in [5, 5.41) is 0. The monoisotopic (exact) mass is 371 g/mol. The van der Waals surface area contributed by atoms with Gasteiger partial charge < -0.3 is 9.47 Å². The van der Waals surface area contributed by atoms with Crippen molar-refractivity contribution in [3.8, 4) is 17.3 Å². The van der Waals surface area contributed by atoms with E-state index in [-0.39, 0.29) is 6.10 Å².